The van der Waals surface area contributed by atoms with Crippen molar-refractivity contribution >= 4 is 17.5 Å². The van der Waals surface area contributed by atoms with Gasteiger partial charge in [0.05, 0.1) is 17.9 Å². The van der Waals surface area contributed by atoms with Crippen LogP contribution in [0.5, 0.6) is 0 Å². The summed E-state index contributed by atoms with van der Waals surface area (Å²) in [4.78, 5) is 0.499. The van der Waals surface area contributed by atoms with Crippen LogP contribution >= 0.6 is 11.8 Å². The first-order chi connectivity index (χ1) is 10.1. The summed E-state index contributed by atoms with van der Waals surface area (Å²) in [6, 6.07) is 6.42. The van der Waals surface area contributed by atoms with E-state index < -0.39 is 12.2 Å². The van der Waals surface area contributed by atoms with Gasteiger partial charge in [0.15, 0.2) is 0 Å². The molecule has 2 rings (SSSR count). The van der Waals surface area contributed by atoms with Crippen molar-refractivity contribution < 1.29 is 19.8 Å². The molecule has 1 aliphatic carbocycles. The topological polar surface area (TPSA) is 73.1 Å². The number of allylic oxidation sites excluding steroid dienone is 1. The van der Waals surface area contributed by atoms with Gasteiger partial charge in [-0.2, -0.15) is 0 Å². The SMILES string of the molecule is O/N=C1/C[C@H](O)CC1/C=C/[C@@H](O)CSc1ccccc1F. The fourth-order valence-corrected chi connectivity index (χ4v) is 3.11. The van der Waals surface area contributed by atoms with Gasteiger partial charge in [0, 0.05) is 23.0 Å². The van der Waals surface area contributed by atoms with Crippen molar-refractivity contribution in [3.05, 3.63) is 42.2 Å². The molecular weight excluding hydrogens is 293 g/mol. The summed E-state index contributed by atoms with van der Waals surface area (Å²) in [6.45, 7) is 0. The molecule has 0 radical (unpaired) electrons. The number of halogens is 1. The summed E-state index contributed by atoms with van der Waals surface area (Å²) in [6.07, 6.45) is 2.94. The van der Waals surface area contributed by atoms with Crippen molar-refractivity contribution in [2.75, 3.05) is 5.75 Å². The van der Waals surface area contributed by atoms with Gasteiger partial charge in [-0.25, -0.2) is 4.39 Å². The van der Waals surface area contributed by atoms with Crippen molar-refractivity contribution in [1.29, 1.82) is 0 Å². The van der Waals surface area contributed by atoms with Crippen molar-refractivity contribution in [2.24, 2.45) is 11.1 Å². The number of aliphatic hydroxyl groups is 2. The third-order valence-corrected chi connectivity index (χ3v) is 4.49. The lowest BCUT2D eigenvalue weighted by Gasteiger charge is -2.08. The maximum Gasteiger partial charge on any atom is 0.136 e. The van der Waals surface area contributed by atoms with Crippen LogP contribution in [0.15, 0.2) is 46.5 Å². The highest BCUT2D eigenvalue weighted by molar-refractivity contribution is 7.99. The molecule has 0 bridgehead atoms. The molecule has 3 atom stereocenters. The van der Waals surface area contributed by atoms with Gasteiger partial charge in [-0.05, 0) is 18.6 Å². The number of oxime groups is 1. The molecule has 1 fully saturated rings. The first-order valence-electron chi connectivity index (χ1n) is 6.72. The Kier molecular flexibility index (Phi) is 5.78. The largest absolute Gasteiger partial charge is 0.411 e. The Morgan fingerprint density at radius 1 is 1.43 bits per heavy atom. The number of hydrogen-bond acceptors (Lipinski definition) is 5. The fraction of sp³-hybridized carbons (Fsp3) is 0.400. The molecule has 0 aliphatic heterocycles. The van der Waals surface area contributed by atoms with E-state index in [2.05, 4.69) is 5.16 Å². The van der Waals surface area contributed by atoms with Crippen molar-refractivity contribution in [2.45, 2.75) is 29.9 Å². The third-order valence-electron chi connectivity index (χ3n) is 3.34. The summed E-state index contributed by atoms with van der Waals surface area (Å²) < 4.78 is 13.4. The lowest BCUT2D eigenvalue weighted by Crippen LogP contribution is -2.09. The van der Waals surface area contributed by atoms with E-state index in [1.165, 1.54) is 17.8 Å². The molecular formula is C15H18FNO3S. The monoisotopic (exact) mass is 311 g/mol. The van der Waals surface area contributed by atoms with Crippen LogP contribution in [0.4, 0.5) is 4.39 Å². The Morgan fingerprint density at radius 2 is 2.19 bits per heavy atom. The second kappa shape index (κ2) is 7.59. The van der Waals surface area contributed by atoms with E-state index in [0.717, 1.165) is 0 Å². The fourth-order valence-electron chi connectivity index (χ4n) is 2.26. The molecule has 1 aromatic carbocycles. The van der Waals surface area contributed by atoms with Crippen molar-refractivity contribution in [3.63, 3.8) is 0 Å². The van der Waals surface area contributed by atoms with E-state index in [-0.39, 0.29) is 11.7 Å². The maximum absolute atomic E-state index is 13.4. The molecule has 1 aliphatic rings. The molecule has 3 N–H and O–H groups in total. The molecule has 21 heavy (non-hydrogen) atoms. The molecule has 0 spiro atoms. The smallest absolute Gasteiger partial charge is 0.136 e. The summed E-state index contributed by atoms with van der Waals surface area (Å²) in [5.74, 6) is -0.122. The van der Waals surface area contributed by atoms with Crippen LogP contribution in [0.1, 0.15) is 12.8 Å². The molecule has 114 valence electrons. The van der Waals surface area contributed by atoms with Gasteiger partial charge in [0.25, 0.3) is 0 Å². The lowest BCUT2D eigenvalue weighted by molar-refractivity contribution is 0.182. The van der Waals surface area contributed by atoms with Crippen molar-refractivity contribution in [1.82, 2.24) is 0 Å². The van der Waals surface area contributed by atoms with E-state index in [9.17, 15) is 14.6 Å². The molecule has 0 saturated heterocycles. The minimum absolute atomic E-state index is 0.155. The standard InChI is InChI=1S/C15H18FNO3S/c16-13-3-1-2-4-15(13)21-9-11(18)6-5-10-7-12(19)8-14(10)17-20/h1-6,10-12,18-20H,7-9H2/b6-5+,17-14-/t10?,11-,12-/m1/s1. The predicted octanol–water partition coefficient (Wildman–Crippen LogP) is 2.44. The summed E-state index contributed by atoms with van der Waals surface area (Å²) in [7, 11) is 0. The van der Waals surface area contributed by atoms with Crippen LogP contribution in [0, 0.1) is 11.7 Å². The van der Waals surface area contributed by atoms with Gasteiger partial charge in [0.1, 0.15) is 5.82 Å². The average molecular weight is 311 g/mol. The molecule has 6 heteroatoms. The Labute approximate surface area is 127 Å². The summed E-state index contributed by atoms with van der Waals surface area (Å²) in [5, 5.41) is 31.4. The van der Waals surface area contributed by atoms with Gasteiger partial charge >= 0.3 is 0 Å². The Balaban J connectivity index is 1.86. The first-order valence-corrected chi connectivity index (χ1v) is 7.71. The highest BCUT2D eigenvalue weighted by Gasteiger charge is 2.28. The molecule has 0 aromatic heterocycles. The van der Waals surface area contributed by atoms with Crippen LogP contribution in [0.3, 0.4) is 0 Å². The summed E-state index contributed by atoms with van der Waals surface area (Å²) >= 11 is 1.24. The Morgan fingerprint density at radius 3 is 2.90 bits per heavy atom. The van der Waals surface area contributed by atoms with E-state index >= 15 is 0 Å². The van der Waals surface area contributed by atoms with Crippen LogP contribution in [0.25, 0.3) is 0 Å². The molecule has 1 unspecified atom stereocenters. The zero-order valence-corrected chi connectivity index (χ0v) is 12.2. The first kappa shape index (κ1) is 16.0. The highest BCUT2D eigenvalue weighted by Crippen LogP contribution is 2.25. The maximum atomic E-state index is 13.4. The van der Waals surface area contributed by atoms with Crippen LogP contribution in [0.2, 0.25) is 0 Å². The van der Waals surface area contributed by atoms with Gasteiger partial charge in [-0.3, -0.25) is 0 Å². The van der Waals surface area contributed by atoms with Gasteiger partial charge in [-0.15, -0.1) is 11.8 Å². The zero-order chi connectivity index (χ0) is 15.2. The van der Waals surface area contributed by atoms with Crippen LogP contribution in [-0.4, -0.2) is 39.1 Å². The van der Waals surface area contributed by atoms with E-state index in [4.69, 9.17) is 5.21 Å². The Hall–Kier alpha value is -1.37. The molecule has 0 amide bonds. The average Bonchev–Trinajstić information content (AvgIpc) is 2.84. The number of benzene rings is 1. The quantitative estimate of drug-likeness (QED) is 0.338. The van der Waals surface area contributed by atoms with Gasteiger partial charge in [0.2, 0.25) is 0 Å². The third kappa shape index (κ3) is 4.56. The molecule has 1 saturated carbocycles. The van der Waals surface area contributed by atoms with E-state index in [1.54, 1.807) is 30.4 Å². The highest BCUT2D eigenvalue weighted by atomic mass is 32.2. The zero-order valence-electron chi connectivity index (χ0n) is 11.4. The minimum atomic E-state index is -0.729. The number of hydrogen-bond donors (Lipinski definition) is 3. The molecule has 4 nitrogen and oxygen atoms in total. The van der Waals surface area contributed by atoms with Crippen LogP contribution in [-0.2, 0) is 0 Å². The normalized spacial score (nSPS) is 25.8. The summed E-state index contributed by atoms with van der Waals surface area (Å²) in [5.41, 5.74) is 0.521. The molecule has 0 heterocycles. The second-order valence-electron chi connectivity index (χ2n) is 4.99. The van der Waals surface area contributed by atoms with E-state index in [0.29, 0.717) is 29.2 Å². The Bertz CT molecular complexity index is 535. The van der Waals surface area contributed by atoms with E-state index in [1.807, 2.05) is 0 Å². The van der Waals surface area contributed by atoms with Gasteiger partial charge < -0.3 is 15.4 Å². The molecule has 1 aromatic rings. The van der Waals surface area contributed by atoms with Crippen molar-refractivity contribution in [3.8, 4) is 0 Å². The lowest BCUT2D eigenvalue weighted by atomic mass is 10.1. The minimum Gasteiger partial charge on any atom is -0.411 e. The number of aliphatic hydroxyl groups excluding tert-OH is 2. The number of thioether (sulfide) groups is 1. The van der Waals surface area contributed by atoms with Gasteiger partial charge in [-0.1, -0.05) is 29.4 Å². The second-order valence-corrected chi connectivity index (χ2v) is 6.05. The number of nitrogens with zero attached hydrogens (tertiary/aromatic N) is 1. The predicted molar refractivity (Wildman–Crippen MR) is 80.2 cm³/mol. The van der Waals surface area contributed by atoms with Crippen LogP contribution < -0.4 is 0 Å². The number of rotatable bonds is 5.